The van der Waals surface area contributed by atoms with E-state index in [4.69, 9.17) is 4.74 Å². The maximum absolute atomic E-state index is 5.08. The zero-order chi connectivity index (χ0) is 12.7. The molecule has 0 aliphatic rings. The first-order valence-electron chi connectivity index (χ1n) is 5.66. The van der Waals surface area contributed by atoms with Crippen LogP contribution in [0.25, 0.3) is 0 Å². The monoisotopic (exact) mass is 227 g/mol. The molecule has 0 bridgehead atoms. The average molecular weight is 227 g/mol. The Kier molecular flexibility index (Phi) is 5.28. The Bertz CT molecular complexity index is 385. The molecule has 0 amide bonds. The van der Waals surface area contributed by atoms with Crippen LogP contribution < -0.4 is 4.74 Å². The molecule has 1 aromatic carbocycles. The summed E-state index contributed by atoms with van der Waals surface area (Å²) in [4.78, 5) is 0. The lowest BCUT2D eigenvalue weighted by Gasteiger charge is -2.14. The summed E-state index contributed by atoms with van der Waals surface area (Å²) in [5, 5.41) is 0. The molecule has 0 spiro atoms. The maximum Gasteiger partial charge on any atom is 0.122 e. The van der Waals surface area contributed by atoms with Gasteiger partial charge in [0.15, 0.2) is 0 Å². The molecule has 1 rings (SSSR count). The van der Waals surface area contributed by atoms with Gasteiger partial charge < -0.3 is 4.74 Å². The van der Waals surface area contributed by atoms with Crippen LogP contribution in [0.1, 0.15) is 16.7 Å². The first-order valence-corrected chi connectivity index (χ1v) is 5.66. The van der Waals surface area contributed by atoms with E-state index in [-0.39, 0.29) is 0 Å². The van der Waals surface area contributed by atoms with Crippen molar-refractivity contribution in [2.24, 2.45) is 0 Å². The van der Waals surface area contributed by atoms with Crippen LogP contribution in [0.2, 0.25) is 0 Å². The number of hydrogen-bond acceptors (Lipinski definition) is 1. The van der Waals surface area contributed by atoms with Crippen LogP contribution in [0.3, 0.4) is 0 Å². The number of benzene rings is 1. The molecule has 0 aliphatic carbocycles. The number of ether oxygens (including phenoxy) is 1. The average Bonchev–Trinajstić information content (AvgIpc) is 2.33. The molecule has 0 aliphatic heterocycles. The lowest BCUT2D eigenvalue weighted by molar-refractivity contribution is 0.471. The minimum Gasteiger partial charge on any atom is -0.490 e. The van der Waals surface area contributed by atoms with Crippen molar-refractivity contribution in [3.63, 3.8) is 0 Å². The Morgan fingerprint density at radius 1 is 0.882 bits per heavy atom. The molecule has 0 heterocycles. The Labute approximate surface area is 104 Å². The molecule has 0 atom stereocenters. The summed E-state index contributed by atoms with van der Waals surface area (Å²) in [5.74, 6) is 0.784. The highest BCUT2D eigenvalue weighted by molar-refractivity contribution is 5.45. The number of allylic oxidation sites excluding steroid dienone is 3. The van der Waals surface area contributed by atoms with Gasteiger partial charge >= 0.3 is 0 Å². The Balaban J connectivity index is 3.30. The van der Waals surface area contributed by atoms with Gasteiger partial charge in [0.2, 0.25) is 0 Å². The molecule has 0 saturated heterocycles. The molecule has 0 N–H and O–H groups in total. The smallest absolute Gasteiger partial charge is 0.122 e. The van der Waals surface area contributed by atoms with Gasteiger partial charge in [0, 0.05) is 0 Å². The molecule has 1 aromatic rings. The van der Waals surface area contributed by atoms with Crippen molar-refractivity contribution in [1.82, 2.24) is 0 Å². The van der Waals surface area contributed by atoms with E-state index in [1.54, 1.807) is 0 Å². The van der Waals surface area contributed by atoms with Crippen molar-refractivity contribution in [1.29, 1.82) is 0 Å². The number of rotatable bonds is 7. The van der Waals surface area contributed by atoms with Crippen molar-refractivity contribution >= 4 is 0 Å². The highest BCUT2D eigenvalue weighted by Crippen LogP contribution is 2.25. The van der Waals surface area contributed by atoms with Crippen LogP contribution in [0.5, 0.6) is 5.75 Å². The third-order valence-corrected chi connectivity index (χ3v) is 2.65. The molecule has 0 aromatic heterocycles. The van der Waals surface area contributed by atoms with Gasteiger partial charge in [-0.05, 0) is 48.1 Å². The van der Waals surface area contributed by atoms with E-state index in [1.165, 1.54) is 16.7 Å². The predicted molar refractivity (Wildman–Crippen MR) is 74.1 cm³/mol. The molecular formula is C16H19O. The summed E-state index contributed by atoms with van der Waals surface area (Å²) >= 11 is 0. The van der Waals surface area contributed by atoms with Crippen LogP contribution >= 0.6 is 0 Å². The summed E-state index contributed by atoms with van der Waals surface area (Å²) in [6.07, 6.45) is 8.21. The molecule has 17 heavy (non-hydrogen) atoms. The SMILES string of the molecule is [CH2]Oc1cc(CC=C)c(CC=C)c(CC=C)c1. The van der Waals surface area contributed by atoms with E-state index in [2.05, 4.69) is 26.8 Å². The van der Waals surface area contributed by atoms with Crippen molar-refractivity contribution < 1.29 is 4.74 Å². The van der Waals surface area contributed by atoms with Crippen LogP contribution in [0.15, 0.2) is 50.1 Å². The van der Waals surface area contributed by atoms with Gasteiger partial charge in [-0.3, -0.25) is 0 Å². The fourth-order valence-corrected chi connectivity index (χ4v) is 1.93. The van der Waals surface area contributed by atoms with Crippen LogP contribution in [-0.4, -0.2) is 0 Å². The van der Waals surface area contributed by atoms with Crippen LogP contribution in [0, 0.1) is 7.11 Å². The van der Waals surface area contributed by atoms with Gasteiger partial charge in [-0.2, -0.15) is 0 Å². The lowest BCUT2D eigenvalue weighted by atomic mass is 9.94. The molecule has 1 nitrogen and oxygen atoms in total. The van der Waals surface area contributed by atoms with Gasteiger partial charge in [-0.1, -0.05) is 18.2 Å². The van der Waals surface area contributed by atoms with Crippen molar-refractivity contribution in [2.45, 2.75) is 19.3 Å². The Hall–Kier alpha value is -1.76. The molecule has 1 radical (unpaired) electrons. The fourth-order valence-electron chi connectivity index (χ4n) is 1.93. The highest BCUT2D eigenvalue weighted by Gasteiger charge is 2.08. The van der Waals surface area contributed by atoms with Crippen molar-refractivity contribution in [2.75, 3.05) is 0 Å². The third-order valence-electron chi connectivity index (χ3n) is 2.65. The zero-order valence-corrected chi connectivity index (χ0v) is 10.2. The maximum atomic E-state index is 5.08. The summed E-state index contributed by atoms with van der Waals surface area (Å²) in [5.41, 5.74) is 3.73. The van der Waals surface area contributed by atoms with E-state index in [0.717, 1.165) is 25.0 Å². The van der Waals surface area contributed by atoms with E-state index in [9.17, 15) is 0 Å². The van der Waals surface area contributed by atoms with Gasteiger partial charge in [-0.25, -0.2) is 0 Å². The summed E-state index contributed by atoms with van der Waals surface area (Å²) in [7, 11) is 3.46. The van der Waals surface area contributed by atoms with Gasteiger partial charge in [0.25, 0.3) is 0 Å². The molecule has 0 unspecified atom stereocenters. The Morgan fingerprint density at radius 3 is 1.71 bits per heavy atom. The number of hydrogen-bond donors (Lipinski definition) is 0. The second-order valence-corrected chi connectivity index (χ2v) is 3.84. The fraction of sp³-hybridized carbons (Fsp3) is 0.188. The second-order valence-electron chi connectivity index (χ2n) is 3.84. The highest BCUT2D eigenvalue weighted by atomic mass is 16.5. The summed E-state index contributed by atoms with van der Waals surface area (Å²) < 4.78 is 5.08. The van der Waals surface area contributed by atoms with E-state index >= 15 is 0 Å². The zero-order valence-electron chi connectivity index (χ0n) is 10.2. The molecule has 0 fully saturated rings. The van der Waals surface area contributed by atoms with Gasteiger partial charge in [0.1, 0.15) is 12.9 Å². The topological polar surface area (TPSA) is 9.23 Å². The second kappa shape index (κ2) is 6.74. The summed E-state index contributed by atoms with van der Waals surface area (Å²) in [6, 6.07) is 4.03. The van der Waals surface area contributed by atoms with E-state index in [1.807, 2.05) is 30.4 Å². The van der Waals surface area contributed by atoms with E-state index < -0.39 is 0 Å². The predicted octanol–water partition coefficient (Wildman–Crippen LogP) is 4.04. The first-order chi connectivity index (χ1) is 8.26. The lowest BCUT2D eigenvalue weighted by Crippen LogP contribution is -2.00. The summed E-state index contributed by atoms with van der Waals surface area (Å²) in [6.45, 7) is 11.4. The van der Waals surface area contributed by atoms with E-state index in [0.29, 0.717) is 0 Å². The minimum absolute atomic E-state index is 0.784. The standard InChI is InChI=1S/C16H19O/c1-5-8-13-11-15(17-4)12-14(9-6-2)16(13)10-7-3/h5-7,11-12H,1-4,8-10H2. The Morgan fingerprint density at radius 2 is 1.35 bits per heavy atom. The largest absolute Gasteiger partial charge is 0.490 e. The van der Waals surface area contributed by atoms with Crippen LogP contribution in [-0.2, 0) is 19.3 Å². The molecular weight excluding hydrogens is 208 g/mol. The first kappa shape index (κ1) is 13.3. The minimum atomic E-state index is 0.784. The third kappa shape index (κ3) is 3.35. The van der Waals surface area contributed by atoms with Crippen molar-refractivity contribution in [3.05, 3.63) is 73.9 Å². The normalized spacial score (nSPS) is 9.71. The van der Waals surface area contributed by atoms with Crippen molar-refractivity contribution in [3.8, 4) is 5.75 Å². The quantitative estimate of drug-likeness (QED) is 0.639. The van der Waals surface area contributed by atoms with Gasteiger partial charge in [0.05, 0.1) is 0 Å². The van der Waals surface area contributed by atoms with Gasteiger partial charge in [-0.15, -0.1) is 19.7 Å². The van der Waals surface area contributed by atoms with Crippen LogP contribution in [0.4, 0.5) is 0 Å². The molecule has 0 saturated carbocycles. The molecule has 89 valence electrons. The molecule has 1 heteroatoms.